The first-order chi connectivity index (χ1) is 19.4. The number of nitrogens with one attached hydrogen (secondary N) is 2. The van der Waals surface area contributed by atoms with Gasteiger partial charge < -0.3 is 15.4 Å². The van der Waals surface area contributed by atoms with E-state index < -0.39 is 17.0 Å². The number of carbonyl (C=O) groups is 3. The van der Waals surface area contributed by atoms with Crippen LogP contribution in [0.1, 0.15) is 56.6 Å². The van der Waals surface area contributed by atoms with Gasteiger partial charge in [-0.15, -0.1) is 32.9 Å². The Morgan fingerprint density at radius 1 is 1.18 bits per heavy atom. The summed E-state index contributed by atoms with van der Waals surface area (Å²) in [6.07, 6.45) is 2.63. The normalized spacial score (nSPS) is 13.1. The number of hydrogen-bond acceptors (Lipinski definition) is 9. The van der Waals surface area contributed by atoms with Crippen molar-refractivity contribution in [2.45, 2.75) is 50.1 Å². The first-order valence-corrected chi connectivity index (χ1v) is 15.2. The number of hydrogen-bond donors (Lipinski definition) is 2. The number of amides is 2. The van der Waals surface area contributed by atoms with E-state index >= 15 is 0 Å². The third-order valence-corrected chi connectivity index (χ3v) is 9.34. The molecule has 0 saturated heterocycles. The van der Waals surface area contributed by atoms with Crippen LogP contribution in [-0.4, -0.2) is 44.4 Å². The van der Waals surface area contributed by atoms with Crippen molar-refractivity contribution in [3.05, 3.63) is 74.3 Å². The molecule has 0 spiro atoms. The molecule has 1 aliphatic rings. The second kappa shape index (κ2) is 12.3. The molecular formula is C27H26FN5O4S3. The second-order valence-corrected chi connectivity index (χ2v) is 12.3. The molecule has 0 saturated carbocycles. The molecule has 4 aromatic rings. The zero-order valence-electron chi connectivity index (χ0n) is 21.7. The molecule has 0 aliphatic heterocycles. The number of aryl methyl sites for hydroxylation is 1. The lowest BCUT2D eigenvalue weighted by Gasteiger charge is -2.14. The number of nitrogens with zero attached hydrogens (tertiary/aromatic N) is 3. The Morgan fingerprint density at radius 3 is 2.70 bits per heavy atom. The van der Waals surface area contributed by atoms with E-state index in [0.29, 0.717) is 32.1 Å². The van der Waals surface area contributed by atoms with E-state index in [2.05, 4.69) is 20.8 Å². The number of esters is 1. The molecule has 40 heavy (non-hydrogen) atoms. The van der Waals surface area contributed by atoms with Gasteiger partial charge in [-0.3, -0.25) is 14.2 Å². The van der Waals surface area contributed by atoms with Gasteiger partial charge in [-0.05, 0) is 74.4 Å². The number of aromatic nitrogens is 3. The van der Waals surface area contributed by atoms with Crippen molar-refractivity contribution < 1.29 is 23.5 Å². The fraction of sp³-hybridized carbons (Fsp3) is 0.296. The van der Waals surface area contributed by atoms with Crippen molar-refractivity contribution in [2.24, 2.45) is 0 Å². The Morgan fingerprint density at radius 2 is 1.98 bits per heavy atom. The first kappa shape index (κ1) is 28.0. The molecule has 2 amide bonds. The van der Waals surface area contributed by atoms with Crippen LogP contribution in [0.5, 0.6) is 0 Å². The van der Waals surface area contributed by atoms with Crippen LogP contribution in [0.4, 0.5) is 9.39 Å². The fourth-order valence-electron chi connectivity index (χ4n) is 4.33. The zero-order chi connectivity index (χ0) is 28.2. The quantitative estimate of drug-likeness (QED) is 0.189. The molecule has 0 fully saturated rings. The molecule has 3 heterocycles. The summed E-state index contributed by atoms with van der Waals surface area (Å²) in [5.41, 5.74) is 1.99. The highest BCUT2D eigenvalue weighted by Crippen LogP contribution is 2.40. The number of benzene rings is 1. The van der Waals surface area contributed by atoms with Crippen LogP contribution in [0.3, 0.4) is 0 Å². The lowest BCUT2D eigenvalue weighted by molar-refractivity contribution is -0.115. The van der Waals surface area contributed by atoms with Gasteiger partial charge in [0.1, 0.15) is 10.8 Å². The van der Waals surface area contributed by atoms with Crippen LogP contribution >= 0.6 is 34.4 Å². The van der Waals surface area contributed by atoms with Gasteiger partial charge in [0.2, 0.25) is 5.91 Å². The highest BCUT2D eigenvalue weighted by Gasteiger charge is 2.30. The lowest BCUT2D eigenvalue weighted by Crippen LogP contribution is -2.25. The molecule has 1 aromatic carbocycles. The molecule has 9 nitrogen and oxygen atoms in total. The molecule has 0 bridgehead atoms. The molecule has 2 N–H and O–H groups in total. The van der Waals surface area contributed by atoms with Crippen molar-refractivity contribution in [1.82, 2.24) is 20.1 Å². The van der Waals surface area contributed by atoms with Crippen molar-refractivity contribution in [2.75, 3.05) is 11.9 Å². The van der Waals surface area contributed by atoms with Crippen molar-refractivity contribution in [3.63, 3.8) is 0 Å². The van der Waals surface area contributed by atoms with Gasteiger partial charge >= 0.3 is 5.97 Å². The summed E-state index contributed by atoms with van der Waals surface area (Å²) in [6.45, 7) is 3.80. The van der Waals surface area contributed by atoms with E-state index in [1.807, 2.05) is 5.38 Å². The zero-order valence-corrected chi connectivity index (χ0v) is 24.2. The number of ether oxygens (including phenoxy) is 1. The molecule has 0 unspecified atom stereocenters. The summed E-state index contributed by atoms with van der Waals surface area (Å²) < 4.78 is 20.6. The number of halogens is 1. The molecule has 1 aliphatic carbocycles. The summed E-state index contributed by atoms with van der Waals surface area (Å²) in [4.78, 5) is 40.1. The molecule has 1 atom stereocenters. The topological polar surface area (TPSA) is 115 Å². The third kappa shape index (κ3) is 5.96. The Hall–Kier alpha value is -3.55. The standard InChI is InChI=1S/C27H26FN5O4S3/c1-3-37-26(36)22-18-6-4-7-19(18)40-25(22)30-23(34)15(2)39-27-32-31-21(14-29-24(35)20-8-5-13-38-20)33(27)17-11-9-16(28)10-12-17/h5,8-13,15H,3-4,6-7,14H2,1-2H3,(H,29,35)(H,30,34)/t15-/m1/s1. The van der Waals surface area contributed by atoms with E-state index in [4.69, 9.17) is 4.74 Å². The molecule has 0 radical (unpaired) electrons. The average molecular weight is 600 g/mol. The predicted molar refractivity (Wildman–Crippen MR) is 153 cm³/mol. The largest absolute Gasteiger partial charge is 0.462 e. The van der Waals surface area contributed by atoms with Gasteiger partial charge in [-0.2, -0.15) is 0 Å². The van der Waals surface area contributed by atoms with E-state index in [1.165, 1.54) is 46.6 Å². The molecule has 13 heteroatoms. The monoisotopic (exact) mass is 599 g/mol. The lowest BCUT2D eigenvalue weighted by atomic mass is 10.1. The number of thiophene rings is 2. The molecule has 5 rings (SSSR count). The smallest absolute Gasteiger partial charge is 0.341 e. The number of anilines is 1. The Labute approximate surface area is 242 Å². The van der Waals surface area contributed by atoms with Gasteiger partial charge in [0.25, 0.3) is 5.91 Å². The van der Waals surface area contributed by atoms with Gasteiger partial charge in [0, 0.05) is 10.6 Å². The highest BCUT2D eigenvalue weighted by molar-refractivity contribution is 8.00. The van der Waals surface area contributed by atoms with E-state index in [0.717, 1.165) is 29.7 Å². The van der Waals surface area contributed by atoms with Gasteiger partial charge in [0.15, 0.2) is 11.0 Å². The predicted octanol–water partition coefficient (Wildman–Crippen LogP) is 5.24. The minimum absolute atomic E-state index is 0.0753. The maximum absolute atomic E-state index is 13.7. The van der Waals surface area contributed by atoms with Crippen molar-refractivity contribution >= 4 is 57.2 Å². The fourth-order valence-corrected chi connectivity index (χ4v) is 7.14. The number of rotatable bonds is 10. The summed E-state index contributed by atoms with van der Waals surface area (Å²) in [5, 5.41) is 16.4. The molecule has 3 aromatic heterocycles. The molecule has 208 valence electrons. The first-order valence-electron chi connectivity index (χ1n) is 12.7. The van der Waals surface area contributed by atoms with E-state index in [9.17, 15) is 18.8 Å². The summed E-state index contributed by atoms with van der Waals surface area (Å²) >= 11 is 3.91. The van der Waals surface area contributed by atoms with Crippen LogP contribution in [0.15, 0.2) is 46.9 Å². The Bertz CT molecular complexity index is 1530. The van der Waals surface area contributed by atoms with Crippen molar-refractivity contribution in [1.29, 1.82) is 0 Å². The maximum Gasteiger partial charge on any atom is 0.341 e. The Kier molecular flexibility index (Phi) is 8.62. The van der Waals surface area contributed by atoms with E-state index in [1.54, 1.807) is 42.7 Å². The van der Waals surface area contributed by atoms with Crippen LogP contribution < -0.4 is 10.6 Å². The minimum atomic E-state index is -0.621. The van der Waals surface area contributed by atoms with Gasteiger partial charge in [-0.25, -0.2) is 9.18 Å². The van der Waals surface area contributed by atoms with Gasteiger partial charge in [-0.1, -0.05) is 17.8 Å². The van der Waals surface area contributed by atoms with Crippen LogP contribution in [0.2, 0.25) is 0 Å². The maximum atomic E-state index is 13.7. The van der Waals surface area contributed by atoms with Crippen LogP contribution in [0.25, 0.3) is 5.69 Å². The second-order valence-electron chi connectivity index (χ2n) is 8.90. The number of carbonyl (C=O) groups excluding carboxylic acids is 3. The minimum Gasteiger partial charge on any atom is -0.462 e. The third-order valence-electron chi connectivity index (χ3n) is 6.23. The molecular weight excluding hydrogens is 574 g/mol. The van der Waals surface area contributed by atoms with Gasteiger partial charge in [0.05, 0.1) is 28.8 Å². The summed E-state index contributed by atoms with van der Waals surface area (Å²) in [7, 11) is 0. The summed E-state index contributed by atoms with van der Waals surface area (Å²) in [6, 6.07) is 9.32. The van der Waals surface area contributed by atoms with Crippen molar-refractivity contribution in [3.8, 4) is 5.69 Å². The highest BCUT2D eigenvalue weighted by atomic mass is 32.2. The SMILES string of the molecule is CCOC(=O)c1c(NC(=O)[C@@H](C)Sc2nnc(CNC(=O)c3cccs3)n2-c2ccc(F)cc2)sc2c1CCC2. The van der Waals surface area contributed by atoms with E-state index in [-0.39, 0.29) is 25.0 Å². The number of thioether (sulfide) groups is 1. The average Bonchev–Trinajstić information content (AvgIpc) is 3.73. The van der Waals surface area contributed by atoms with Crippen LogP contribution in [0, 0.1) is 5.82 Å². The Balaban J connectivity index is 1.36. The summed E-state index contributed by atoms with van der Waals surface area (Å²) in [5.74, 6) is -0.956. The number of fused-ring (bicyclic) bond motifs is 1. The van der Waals surface area contributed by atoms with Crippen LogP contribution in [-0.2, 0) is 28.9 Å².